The zero-order valence-corrected chi connectivity index (χ0v) is 10.1. The van der Waals surface area contributed by atoms with E-state index in [2.05, 4.69) is 15.5 Å². The number of nitrogens with one attached hydrogen (secondary N) is 3. The molecule has 2 rings (SSSR count). The van der Waals surface area contributed by atoms with Gasteiger partial charge in [0.2, 0.25) is 0 Å². The van der Waals surface area contributed by atoms with Crippen LogP contribution in [0.5, 0.6) is 0 Å². The Morgan fingerprint density at radius 1 is 1.22 bits per heavy atom. The minimum absolute atomic E-state index is 0.159. The second kappa shape index (κ2) is 5.05. The number of rotatable bonds is 4. The van der Waals surface area contributed by atoms with Gasteiger partial charge in [-0.1, -0.05) is 13.3 Å². The van der Waals surface area contributed by atoms with E-state index in [9.17, 15) is 9.59 Å². The van der Waals surface area contributed by atoms with Crippen molar-refractivity contribution in [2.45, 2.75) is 25.9 Å². The Morgan fingerprint density at radius 3 is 2.56 bits per heavy atom. The molecule has 6 nitrogen and oxygen atoms in total. The Balaban J connectivity index is 2.41. The molecule has 1 aromatic carbocycles. The first-order valence-electron chi connectivity index (χ1n) is 5.88. The summed E-state index contributed by atoms with van der Waals surface area (Å²) in [5.41, 5.74) is 5.97. The molecule has 0 spiro atoms. The summed E-state index contributed by atoms with van der Waals surface area (Å²) in [6.07, 6.45) is 1.65. The van der Waals surface area contributed by atoms with E-state index in [0.29, 0.717) is 10.8 Å². The summed E-state index contributed by atoms with van der Waals surface area (Å²) in [7, 11) is 0. The van der Waals surface area contributed by atoms with Crippen molar-refractivity contribution in [3.8, 4) is 0 Å². The van der Waals surface area contributed by atoms with E-state index in [4.69, 9.17) is 5.73 Å². The number of anilines is 1. The van der Waals surface area contributed by atoms with E-state index in [0.717, 1.165) is 18.5 Å². The van der Waals surface area contributed by atoms with Crippen LogP contribution in [0.15, 0.2) is 27.8 Å². The van der Waals surface area contributed by atoms with Gasteiger partial charge in [0.1, 0.15) is 0 Å². The van der Waals surface area contributed by atoms with Crippen molar-refractivity contribution in [3.63, 3.8) is 0 Å². The topological polar surface area (TPSA) is 104 Å². The van der Waals surface area contributed by atoms with E-state index >= 15 is 0 Å². The quantitative estimate of drug-likeness (QED) is 0.598. The molecule has 5 N–H and O–H groups in total. The van der Waals surface area contributed by atoms with Crippen molar-refractivity contribution in [1.29, 1.82) is 0 Å². The third kappa shape index (κ3) is 2.43. The van der Waals surface area contributed by atoms with E-state index in [1.165, 1.54) is 0 Å². The summed E-state index contributed by atoms with van der Waals surface area (Å²) in [6, 6.07) is 5.00. The number of hydrogen-bond acceptors (Lipinski definition) is 4. The maximum absolute atomic E-state index is 11.6. The summed E-state index contributed by atoms with van der Waals surface area (Å²) in [5, 5.41) is 8.40. The highest BCUT2D eigenvalue weighted by Gasteiger charge is 2.06. The van der Waals surface area contributed by atoms with Crippen LogP contribution in [0.1, 0.15) is 19.8 Å². The molecule has 0 aliphatic rings. The molecule has 0 saturated carbocycles. The molecule has 0 amide bonds. The van der Waals surface area contributed by atoms with Gasteiger partial charge in [-0.25, -0.2) is 0 Å². The lowest BCUT2D eigenvalue weighted by atomic mass is 10.1. The van der Waals surface area contributed by atoms with Crippen LogP contribution >= 0.6 is 0 Å². The van der Waals surface area contributed by atoms with Gasteiger partial charge in [0.15, 0.2) is 0 Å². The zero-order valence-electron chi connectivity index (χ0n) is 10.1. The number of benzene rings is 1. The standard InChI is InChI=1S/C12H16N4O2/c1-2-3-10(13)14-7-4-5-8-9(6-7)12(18)16-15-11(8)17/h4-6,10,14H,2-3,13H2,1H3,(H,15,17)(H,16,18). The zero-order chi connectivity index (χ0) is 13.1. The molecule has 0 aliphatic carbocycles. The molecule has 0 saturated heterocycles. The Morgan fingerprint density at radius 2 is 1.89 bits per heavy atom. The lowest BCUT2D eigenvalue weighted by Gasteiger charge is -2.14. The molecule has 1 heterocycles. The van der Waals surface area contributed by atoms with Gasteiger partial charge in [-0.3, -0.25) is 19.8 Å². The van der Waals surface area contributed by atoms with Crippen LogP contribution in [0.3, 0.4) is 0 Å². The van der Waals surface area contributed by atoms with Gasteiger partial charge in [-0.15, -0.1) is 0 Å². The van der Waals surface area contributed by atoms with Crippen LogP contribution in [-0.4, -0.2) is 16.4 Å². The fourth-order valence-corrected chi connectivity index (χ4v) is 1.87. The highest BCUT2D eigenvalue weighted by Crippen LogP contribution is 2.14. The lowest BCUT2D eigenvalue weighted by molar-refractivity contribution is 0.665. The van der Waals surface area contributed by atoms with Crippen LogP contribution in [-0.2, 0) is 0 Å². The van der Waals surface area contributed by atoms with Crippen LogP contribution in [0, 0.1) is 0 Å². The molecule has 0 aliphatic heterocycles. The van der Waals surface area contributed by atoms with Crippen molar-refractivity contribution >= 4 is 16.5 Å². The molecule has 1 atom stereocenters. The number of fused-ring (bicyclic) bond motifs is 1. The second-order valence-corrected chi connectivity index (χ2v) is 4.21. The van der Waals surface area contributed by atoms with Gasteiger partial charge in [0, 0.05) is 5.69 Å². The van der Waals surface area contributed by atoms with Gasteiger partial charge >= 0.3 is 0 Å². The molecule has 18 heavy (non-hydrogen) atoms. The number of aromatic nitrogens is 2. The average molecular weight is 248 g/mol. The molecule has 1 unspecified atom stereocenters. The monoisotopic (exact) mass is 248 g/mol. The van der Waals surface area contributed by atoms with Crippen LogP contribution in [0.2, 0.25) is 0 Å². The van der Waals surface area contributed by atoms with Crippen LogP contribution in [0.4, 0.5) is 5.69 Å². The predicted molar refractivity (Wildman–Crippen MR) is 71.7 cm³/mol. The van der Waals surface area contributed by atoms with Gasteiger partial charge in [0.25, 0.3) is 11.1 Å². The van der Waals surface area contributed by atoms with E-state index < -0.39 is 0 Å². The molecule has 1 aromatic heterocycles. The summed E-state index contributed by atoms with van der Waals surface area (Å²) in [5.74, 6) is 0. The third-order valence-electron chi connectivity index (χ3n) is 2.75. The predicted octanol–water partition coefficient (Wildman–Crippen LogP) is 0.713. The normalized spacial score (nSPS) is 12.6. The Labute approximate surface area is 103 Å². The number of nitrogens with two attached hydrogens (primary N) is 1. The molecule has 0 fully saturated rings. The molecule has 2 aromatic rings. The van der Waals surface area contributed by atoms with Crippen LogP contribution in [0.25, 0.3) is 10.8 Å². The second-order valence-electron chi connectivity index (χ2n) is 4.21. The van der Waals surface area contributed by atoms with Crippen LogP contribution < -0.4 is 22.2 Å². The number of aromatic amines is 2. The molecule has 0 bridgehead atoms. The Hall–Kier alpha value is -2.08. The number of hydrogen-bond donors (Lipinski definition) is 4. The van der Waals surface area contributed by atoms with Crippen molar-refractivity contribution in [3.05, 3.63) is 38.9 Å². The molecule has 6 heteroatoms. The maximum atomic E-state index is 11.6. The van der Waals surface area contributed by atoms with Crippen molar-refractivity contribution < 1.29 is 0 Å². The SMILES string of the molecule is CCCC(N)Nc1ccc2c(=O)[nH][nH]c(=O)c2c1. The Kier molecular flexibility index (Phi) is 3.47. The lowest BCUT2D eigenvalue weighted by Crippen LogP contribution is -2.29. The van der Waals surface area contributed by atoms with Gasteiger partial charge in [-0.05, 0) is 24.6 Å². The summed E-state index contributed by atoms with van der Waals surface area (Å²) in [6.45, 7) is 2.05. The molecular formula is C12H16N4O2. The van der Waals surface area contributed by atoms with Crippen molar-refractivity contribution in [2.75, 3.05) is 5.32 Å². The highest BCUT2D eigenvalue weighted by atomic mass is 16.1. The molecule has 96 valence electrons. The average Bonchev–Trinajstić information content (AvgIpc) is 2.34. The molecule has 0 radical (unpaired) electrons. The van der Waals surface area contributed by atoms with Gasteiger partial charge < -0.3 is 11.1 Å². The van der Waals surface area contributed by atoms with E-state index in [-0.39, 0.29) is 17.3 Å². The highest BCUT2D eigenvalue weighted by molar-refractivity contribution is 5.83. The fraction of sp³-hybridized carbons (Fsp3) is 0.333. The molecular weight excluding hydrogens is 232 g/mol. The minimum Gasteiger partial charge on any atom is -0.370 e. The Bertz CT molecular complexity index is 659. The fourth-order valence-electron chi connectivity index (χ4n) is 1.87. The minimum atomic E-state index is -0.322. The van der Waals surface area contributed by atoms with E-state index in [1.54, 1.807) is 18.2 Å². The maximum Gasteiger partial charge on any atom is 0.270 e. The summed E-state index contributed by atoms with van der Waals surface area (Å²) >= 11 is 0. The first-order chi connectivity index (χ1) is 8.61. The summed E-state index contributed by atoms with van der Waals surface area (Å²) in [4.78, 5) is 23.1. The smallest absolute Gasteiger partial charge is 0.270 e. The summed E-state index contributed by atoms with van der Waals surface area (Å²) < 4.78 is 0. The third-order valence-corrected chi connectivity index (χ3v) is 2.75. The van der Waals surface area contributed by atoms with Gasteiger partial charge in [-0.2, -0.15) is 0 Å². The number of H-pyrrole nitrogens is 2. The largest absolute Gasteiger partial charge is 0.370 e. The van der Waals surface area contributed by atoms with Crippen molar-refractivity contribution in [1.82, 2.24) is 10.2 Å². The van der Waals surface area contributed by atoms with E-state index in [1.807, 2.05) is 6.92 Å². The van der Waals surface area contributed by atoms with Crippen molar-refractivity contribution in [2.24, 2.45) is 5.73 Å². The first-order valence-corrected chi connectivity index (χ1v) is 5.88. The van der Waals surface area contributed by atoms with Gasteiger partial charge in [0.05, 0.1) is 16.9 Å². The first kappa shape index (κ1) is 12.4.